The number of aromatic nitrogens is 1. The highest BCUT2D eigenvalue weighted by molar-refractivity contribution is 7.89. The molecule has 9 heteroatoms. The maximum Gasteiger partial charge on any atom is 0.272 e. The molecule has 1 aromatic heterocycles. The van der Waals surface area contributed by atoms with Crippen molar-refractivity contribution in [1.82, 2.24) is 4.31 Å². The summed E-state index contributed by atoms with van der Waals surface area (Å²) in [5, 5.41) is 3.34. The molecule has 0 saturated carbocycles. The first-order chi connectivity index (χ1) is 13.5. The van der Waals surface area contributed by atoms with Crippen LogP contribution in [0.4, 0.5) is 5.82 Å². The third-order valence-corrected chi connectivity index (χ3v) is 6.72. The Balaban J connectivity index is 1.45. The number of rotatable bonds is 5. The molecule has 8 nitrogen and oxygen atoms in total. The van der Waals surface area contributed by atoms with Crippen LogP contribution in [0.1, 0.15) is 18.5 Å². The second-order valence-electron chi connectivity index (χ2n) is 6.72. The molecule has 1 fully saturated rings. The van der Waals surface area contributed by atoms with Gasteiger partial charge in [-0.05, 0) is 30.7 Å². The largest absolute Gasteiger partial charge is 0.486 e. The summed E-state index contributed by atoms with van der Waals surface area (Å²) in [6.45, 7) is 4.75. The normalized spacial score (nSPS) is 18.5. The van der Waals surface area contributed by atoms with E-state index in [1.54, 1.807) is 12.1 Å². The number of fused-ring (bicyclic) bond motifs is 1. The molecule has 3 heterocycles. The Morgan fingerprint density at radius 2 is 1.79 bits per heavy atom. The lowest BCUT2D eigenvalue weighted by Crippen LogP contribution is -2.40. The number of nitrogens with zero attached hydrogens (tertiary/aromatic N) is 1. The molecule has 1 atom stereocenters. The van der Waals surface area contributed by atoms with Gasteiger partial charge in [0.15, 0.2) is 11.5 Å². The zero-order chi connectivity index (χ0) is 19.6. The summed E-state index contributed by atoms with van der Waals surface area (Å²) in [6.07, 6.45) is 1.52. The van der Waals surface area contributed by atoms with Crippen molar-refractivity contribution < 1.29 is 27.6 Å². The molecule has 0 bridgehead atoms. The predicted molar refractivity (Wildman–Crippen MR) is 102 cm³/mol. The number of sulfonamides is 1. The fourth-order valence-corrected chi connectivity index (χ4v) is 4.62. The number of nitrogens with one attached hydrogen (secondary N) is 2. The van der Waals surface area contributed by atoms with Gasteiger partial charge in [0.1, 0.15) is 30.3 Å². The van der Waals surface area contributed by atoms with Gasteiger partial charge in [-0.3, -0.25) is 5.32 Å². The Morgan fingerprint density at radius 3 is 2.50 bits per heavy atom. The molecule has 2 aromatic rings. The summed E-state index contributed by atoms with van der Waals surface area (Å²) in [4.78, 5) is 3.28. The van der Waals surface area contributed by atoms with Crippen LogP contribution in [0.3, 0.4) is 0 Å². The minimum Gasteiger partial charge on any atom is -0.486 e. The quantitative estimate of drug-likeness (QED) is 0.809. The fraction of sp³-hybridized carbons (Fsp3) is 0.421. The number of pyridine rings is 1. The van der Waals surface area contributed by atoms with E-state index in [-0.39, 0.29) is 10.9 Å². The van der Waals surface area contributed by atoms with Gasteiger partial charge in [-0.1, -0.05) is 6.07 Å². The van der Waals surface area contributed by atoms with Crippen molar-refractivity contribution in [3.8, 4) is 11.5 Å². The van der Waals surface area contributed by atoms with E-state index in [0.717, 1.165) is 22.9 Å². The third-order valence-electron chi connectivity index (χ3n) is 4.83. The lowest BCUT2D eigenvalue weighted by Gasteiger charge is -2.25. The van der Waals surface area contributed by atoms with Crippen molar-refractivity contribution in [2.45, 2.75) is 17.9 Å². The molecule has 2 aliphatic rings. The van der Waals surface area contributed by atoms with Crippen LogP contribution in [0, 0.1) is 0 Å². The van der Waals surface area contributed by atoms with Crippen LogP contribution in [-0.2, 0) is 14.8 Å². The fourth-order valence-electron chi connectivity index (χ4n) is 3.24. The molecule has 4 rings (SSSR count). The van der Waals surface area contributed by atoms with E-state index in [0.29, 0.717) is 39.5 Å². The van der Waals surface area contributed by atoms with E-state index < -0.39 is 10.0 Å². The summed E-state index contributed by atoms with van der Waals surface area (Å²) in [6, 6.07) is 9.20. The zero-order valence-corrected chi connectivity index (χ0v) is 16.5. The SMILES string of the molecule is C[C@@H](Nc1ccc(S(=O)(=O)N2CCOCC2)c[nH+]1)c1ccc2c(c1)OCCO2. The van der Waals surface area contributed by atoms with Crippen LogP contribution < -0.4 is 19.8 Å². The Bertz CT molecular complexity index is 927. The third kappa shape index (κ3) is 3.91. The smallest absolute Gasteiger partial charge is 0.272 e. The molecule has 0 aliphatic carbocycles. The Labute approximate surface area is 164 Å². The van der Waals surface area contributed by atoms with Crippen molar-refractivity contribution >= 4 is 15.8 Å². The number of hydrogen-bond acceptors (Lipinski definition) is 6. The van der Waals surface area contributed by atoms with Gasteiger partial charge in [0.25, 0.3) is 5.82 Å². The van der Waals surface area contributed by atoms with E-state index in [1.807, 2.05) is 25.1 Å². The Hall–Kier alpha value is -2.36. The minimum atomic E-state index is -3.51. The van der Waals surface area contributed by atoms with Crippen molar-refractivity contribution in [2.75, 3.05) is 44.8 Å². The number of ether oxygens (including phenoxy) is 3. The zero-order valence-electron chi connectivity index (χ0n) is 15.7. The van der Waals surface area contributed by atoms with Crippen molar-refractivity contribution in [1.29, 1.82) is 0 Å². The Kier molecular flexibility index (Phi) is 5.38. The van der Waals surface area contributed by atoms with E-state index in [1.165, 1.54) is 10.5 Å². The van der Waals surface area contributed by atoms with Gasteiger partial charge in [0.2, 0.25) is 10.0 Å². The maximum atomic E-state index is 12.7. The summed E-state index contributed by atoms with van der Waals surface area (Å²) in [5.41, 5.74) is 1.04. The van der Waals surface area contributed by atoms with E-state index in [2.05, 4.69) is 10.3 Å². The first-order valence-electron chi connectivity index (χ1n) is 9.30. The molecule has 2 aliphatic heterocycles. The van der Waals surface area contributed by atoms with Crippen molar-refractivity contribution in [3.63, 3.8) is 0 Å². The van der Waals surface area contributed by atoms with Gasteiger partial charge in [0.05, 0.1) is 13.2 Å². The first-order valence-corrected chi connectivity index (χ1v) is 10.7. The monoisotopic (exact) mass is 406 g/mol. The molecule has 2 N–H and O–H groups in total. The number of hydrogen-bond donors (Lipinski definition) is 1. The highest BCUT2D eigenvalue weighted by Gasteiger charge is 2.27. The van der Waals surface area contributed by atoms with Crippen LogP contribution in [0.25, 0.3) is 0 Å². The van der Waals surface area contributed by atoms with Crippen LogP contribution in [0.2, 0.25) is 0 Å². The number of benzene rings is 1. The van der Waals surface area contributed by atoms with Gasteiger partial charge in [0, 0.05) is 19.2 Å². The molecule has 150 valence electrons. The van der Waals surface area contributed by atoms with Crippen LogP contribution in [0.5, 0.6) is 11.5 Å². The molecular formula is C19H24N3O5S+. The molecule has 1 saturated heterocycles. The number of anilines is 1. The molecule has 0 radical (unpaired) electrons. The summed E-state index contributed by atoms with van der Waals surface area (Å²) in [5.74, 6) is 2.23. The first kappa shape index (κ1) is 19.0. The lowest BCUT2D eigenvalue weighted by atomic mass is 10.1. The van der Waals surface area contributed by atoms with Gasteiger partial charge in [-0.25, -0.2) is 13.4 Å². The molecule has 28 heavy (non-hydrogen) atoms. The van der Waals surface area contributed by atoms with Gasteiger partial charge >= 0.3 is 0 Å². The maximum absolute atomic E-state index is 12.7. The molecule has 0 unspecified atom stereocenters. The number of morpholine rings is 1. The summed E-state index contributed by atoms with van der Waals surface area (Å²) in [7, 11) is -3.51. The standard InChI is InChI=1S/C19H23N3O5S/c1-14(15-2-4-17-18(12-15)27-11-10-26-17)21-19-5-3-16(13-20-19)28(23,24)22-6-8-25-9-7-22/h2-5,12-14H,6-11H2,1H3,(H,20,21)/p+1/t14-/m1/s1. The van der Waals surface area contributed by atoms with E-state index >= 15 is 0 Å². The van der Waals surface area contributed by atoms with Crippen molar-refractivity contribution in [3.05, 3.63) is 42.1 Å². The minimum absolute atomic E-state index is 0.00576. The van der Waals surface area contributed by atoms with E-state index in [9.17, 15) is 8.42 Å². The average Bonchev–Trinajstić information content (AvgIpc) is 2.74. The highest BCUT2D eigenvalue weighted by atomic mass is 32.2. The molecule has 0 spiro atoms. The van der Waals surface area contributed by atoms with Crippen LogP contribution in [0.15, 0.2) is 41.4 Å². The van der Waals surface area contributed by atoms with Gasteiger partial charge in [-0.2, -0.15) is 4.31 Å². The second-order valence-corrected chi connectivity index (χ2v) is 8.66. The number of H-pyrrole nitrogens is 1. The van der Waals surface area contributed by atoms with Crippen LogP contribution in [-0.4, -0.2) is 52.2 Å². The second kappa shape index (κ2) is 7.94. The Morgan fingerprint density at radius 1 is 1.04 bits per heavy atom. The predicted octanol–water partition coefficient (Wildman–Crippen LogP) is 1.47. The highest BCUT2D eigenvalue weighted by Crippen LogP contribution is 2.33. The lowest BCUT2D eigenvalue weighted by molar-refractivity contribution is -0.364. The topological polar surface area (TPSA) is 91.2 Å². The molecular weight excluding hydrogens is 382 g/mol. The number of aromatic amines is 1. The average molecular weight is 406 g/mol. The summed E-state index contributed by atoms with van der Waals surface area (Å²) >= 11 is 0. The van der Waals surface area contributed by atoms with E-state index in [4.69, 9.17) is 14.2 Å². The van der Waals surface area contributed by atoms with Crippen molar-refractivity contribution in [2.24, 2.45) is 0 Å². The van der Waals surface area contributed by atoms with Gasteiger partial charge < -0.3 is 14.2 Å². The molecule has 0 amide bonds. The summed E-state index contributed by atoms with van der Waals surface area (Å²) < 4.78 is 43.2. The van der Waals surface area contributed by atoms with Crippen LogP contribution >= 0.6 is 0 Å². The van der Waals surface area contributed by atoms with Gasteiger partial charge in [-0.15, -0.1) is 0 Å². The molecule has 1 aromatic carbocycles.